The van der Waals surface area contributed by atoms with Crippen LogP contribution in [-0.2, 0) is 4.74 Å². The number of alkyl halides is 2. The molecule has 1 aromatic heterocycles. The van der Waals surface area contributed by atoms with Crippen molar-refractivity contribution in [3.63, 3.8) is 0 Å². The third-order valence-corrected chi connectivity index (χ3v) is 5.94. The highest BCUT2D eigenvalue weighted by Crippen LogP contribution is 2.36. The summed E-state index contributed by atoms with van der Waals surface area (Å²) < 4.78 is 61.1. The lowest BCUT2D eigenvalue weighted by atomic mass is 9.98. The van der Waals surface area contributed by atoms with Crippen molar-refractivity contribution in [2.75, 3.05) is 23.3 Å². The molecule has 3 aliphatic rings. The van der Waals surface area contributed by atoms with E-state index in [-0.39, 0.29) is 17.8 Å². The monoisotopic (exact) mass is 432 g/mol. The zero-order valence-electron chi connectivity index (χ0n) is 16.7. The maximum Gasteiger partial charge on any atom is 0.266 e. The number of ether oxygens (including phenoxy) is 1. The summed E-state index contributed by atoms with van der Waals surface area (Å²) in [5, 5.41) is 11.6. The van der Waals surface area contributed by atoms with Gasteiger partial charge < -0.3 is 15.0 Å². The first-order chi connectivity index (χ1) is 14.9. The molecule has 2 aromatic carbocycles. The van der Waals surface area contributed by atoms with E-state index >= 15 is 0 Å². The van der Waals surface area contributed by atoms with Crippen LogP contribution >= 0.6 is 0 Å². The Balaban J connectivity index is 1.49. The molecular weight excluding hydrogens is 412 g/mol. The second kappa shape index (κ2) is 7.64. The van der Waals surface area contributed by atoms with E-state index in [1.165, 1.54) is 24.4 Å². The van der Waals surface area contributed by atoms with Crippen LogP contribution in [0.25, 0.3) is 10.9 Å². The highest BCUT2D eigenvalue weighted by Gasteiger charge is 2.39. The van der Waals surface area contributed by atoms with E-state index in [1.807, 2.05) is 4.90 Å². The average Bonchev–Trinajstić information content (AvgIpc) is 2.73. The van der Waals surface area contributed by atoms with Crippen molar-refractivity contribution in [3.05, 3.63) is 59.3 Å². The number of rotatable bonds is 5. The Morgan fingerprint density at radius 1 is 1.13 bits per heavy atom. The van der Waals surface area contributed by atoms with Gasteiger partial charge in [0, 0.05) is 36.5 Å². The summed E-state index contributed by atoms with van der Waals surface area (Å²) in [6, 6.07) is 6.33. The van der Waals surface area contributed by atoms with Crippen molar-refractivity contribution in [2.45, 2.75) is 38.0 Å². The number of anilines is 2. The molecule has 9 heteroatoms. The maximum absolute atomic E-state index is 14.8. The Kier molecular flexibility index (Phi) is 4.92. The number of nitrogens with one attached hydrogen (secondary N) is 1. The third kappa shape index (κ3) is 3.56. The molecule has 2 unspecified atom stereocenters. The van der Waals surface area contributed by atoms with Gasteiger partial charge in [-0.2, -0.15) is 10.2 Å². The largest absolute Gasteiger partial charge is 0.377 e. The minimum Gasteiger partial charge on any atom is -0.377 e. The second-order valence-corrected chi connectivity index (χ2v) is 8.02. The summed E-state index contributed by atoms with van der Waals surface area (Å²) in [7, 11) is 0. The number of morpholine rings is 1. The highest BCUT2D eigenvalue weighted by molar-refractivity contribution is 5.93. The predicted octanol–water partition coefficient (Wildman–Crippen LogP) is 5.00. The molecule has 3 fully saturated rings. The lowest BCUT2D eigenvalue weighted by Crippen LogP contribution is -2.57. The van der Waals surface area contributed by atoms with Crippen molar-refractivity contribution in [1.29, 1.82) is 0 Å². The number of nitrogens with zero attached hydrogens (tertiary/aromatic N) is 3. The predicted molar refractivity (Wildman–Crippen MR) is 108 cm³/mol. The van der Waals surface area contributed by atoms with Crippen molar-refractivity contribution in [2.24, 2.45) is 0 Å². The van der Waals surface area contributed by atoms with Gasteiger partial charge in [-0.3, -0.25) is 0 Å². The van der Waals surface area contributed by atoms with Gasteiger partial charge in [-0.1, -0.05) is 18.2 Å². The van der Waals surface area contributed by atoms with Crippen molar-refractivity contribution < 1.29 is 22.3 Å². The Morgan fingerprint density at radius 3 is 2.55 bits per heavy atom. The molecule has 0 spiro atoms. The first kappa shape index (κ1) is 20.0. The first-order valence-electron chi connectivity index (χ1n) is 10.1. The molecule has 31 heavy (non-hydrogen) atoms. The molecule has 3 atom stereocenters. The van der Waals surface area contributed by atoms with E-state index in [9.17, 15) is 17.6 Å². The van der Waals surface area contributed by atoms with Gasteiger partial charge in [0.1, 0.15) is 11.6 Å². The number of aromatic nitrogens is 2. The topological polar surface area (TPSA) is 50.3 Å². The van der Waals surface area contributed by atoms with Crippen LogP contribution in [0.5, 0.6) is 0 Å². The Hall–Kier alpha value is -2.94. The summed E-state index contributed by atoms with van der Waals surface area (Å²) in [6.45, 7) is 2.89. The molecule has 0 saturated carbocycles. The molecule has 3 aliphatic heterocycles. The van der Waals surface area contributed by atoms with Crippen molar-refractivity contribution in [3.8, 4) is 0 Å². The minimum absolute atomic E-state index is 0.110. The molecule has 4 heterocycles. The summed E-state index contributed by atoms with van der Waals surface area (Å²) in [6.07, 6.45) is -0.211. The van der Waals surface area contributed by atoms with E-state index < -0.39 is 29.7 Å². The Bertz CT molecular complexity index is 1130. The number of benzene rings is 2. The van der Waals surface area contributed by atoms with E-state index in [0.29, 0.717) is 35.4 Å². The van der Waals surface area contributed by atoms with E-state index in [0.717, 1.165) is 12.5 Å². The zero-order chi connectivity index (χ0) is 21.7. The fraction of sp³-hybridized carbons (Fsp3) is 0.364. The summed E-state index contributed by atoms with van der Waals surface area (Å²) >= 11 is 0. The molecule has 3 saturated heterocycles. The van der Waals surface area contributed by atoms with Crippen LogP contribution in [0.3, 0.4) is 0 Å². The van der Waals surface area contributed by atoms with Gasteiger partial charge >= 0.3 is 0 Å². The quantitative estimate of drug-likeness (QED) is 0.576. The average molecular weight is 432 g/mol. The Labute approximate surface area is 176 Å². The van der Waals surface area contributed by atoms with Crippen LogP contribution in [0.15, 0.2) is 36.5 Å². The fourth-order valence-electron chi connectivity index (χ4n) is 4.36. The number of hydrogen-bond acceptors (Lipinski definition) is 5. The van der Waals surface area contributed by atoms with E-state index in [4.69, 9.17) is 4.74 Å². The van der Waals surface area contributed by atoms with Gasteiger partial charge in [0.15, 0.2) is 0 Å². The summed E-state index contributed by atoms with van der Waals surface area (Å²) in [5.41, 5.74) is 0.773. The van der Waals surface area contributed by atoms with Crippen molar-refractivity contribution in [1.82, 2.24) is 10.2 Å². The molecule has 3 aromatic rings. The van der Waals surface area contributed by atoms with Crippen LogP contribution in [0.4, 0.5) is 28.9 Å². The summed E-state index contributed by atoms with van der Waals surface area (Å²) in [4.78, 5) is 1.95. The highest BCUT2D eigenvalue weighted by atomic mass is 19.3. The summed E-state index contributed by atoms with van der Waals surface area (Å²) in [5.74, 6) is -1.34. The molecule has 0 amide bonds. The van der Waals surface area contributed by atoms with Crippen LogP contribution in [0.2, 0.25) is 0 Å². The van der Waals surface area contributed by atoms with Gasteiger partial charge in [0.05, 0.1) is 46.9 Å². The number of halogens is 4. The third-order valence-electron chi connectivity index (χ3n) is 5.94. The van der Waals surface area contributed by atoms with Gasteiger partial charge in [-0.05, 0) is 13.0 Å². The van der Waals surface area contributed by atoms with Gasteiger partial charge in [-0.15, -0.1) is 0 Å². The van der Waals surface area contributed by atoms with Gasteiger partial charge in [-0.25, -0.2) is 17.6 Å². The first-order valence-corrected chi connectivity index (χ1v) is 10.1. The maximum atomic E-state index is 14.8. The van der Waals surface area contributed by atoms with Crippen LogP contribution < -0.4 is 10.2 Å². The molecular formula is C22H20F4N4O. The molecule has 5 nitrogen and oxygen atoms in total. The molecule has 0 aliphatic carbocycles. The number of fused-ring (bicyclic) bond motifs is 3. The smallest absolute Gasteiger partial charge is 0.266 e. The van der Waals surface area contributed by atoms with E-state index in [2.05, 4.69) is 15.5 Å². The Morgan fingerprint density at radius 2 is 1.84 bits per heavy atom. The van der Waals surface area contributed by atoms with Crippen LogP contribution in [0, 0.1) is 11.6 Å². The van der Waals surface area contributed by atoms with Crippen LogP contribution in [0.1, 0.15) is 36.9 Å². The normalized spacial score (nSPS) is 21.3. The molecule has 6 rings (SSSR count). The van der Waals surface area contributed by atoms with Gasteiger partial charge in [0.2, 0.25) is 0 Å². The standard InChI is InChI=1S/C22H20F4N4O/c1-11(14-3-2-4-15(21(14)24)22(25)26)28-19-8-27-29-18-7-17(23)20(6-16(18)19)30-9-12-5-13(10-30)31-12/h2-4,6-8,11-13,22H,5,9-10H2,1H3,(H,28,29)/t11-,12?,13?/m1/s1. The molecule has 162 valence electrons. The van der Waals surface area contributed by atoms with Crippen molar-refractivity contribution >= 4 is 22.3 Å². The van der Waals surface area contributed by atoms with Crippen LogP contribution in [-0.4, -0.2) is 35.5 Å². The van der Waals surface area contributed by atoms with Gasteiger partial charge in [0.25, 0.3) is 6.43 Å². The zero-order valence-corrected chi connectivity index (χ0v) is 16.7. The van der Waals surface area contributed by atoms with E-state index in [1.54, 1.807) is 13.0 Å². The molecule has 0 radical (unpaired) electrons. The lowest BCUT2D eigenvalue weighted by Gasteiger charge is -2.48. The molecule has 1 N–H and O–H groups in total. The number of hydrogen-bond donors (Lipinski definition) is 1. The lowest BCUT2D eigenvalue weighted by molar-refractivity contribution is -0.133. The SMILES string of the molecule is C[C@@H](Nc1cnnc2cc(F)c(N3CC4CC(C3)O4)cc12)c1cccc(C(F)F)c1F. The second-order valence-electron chi connectivity index (χ2n) is 8.02. The fourth-order valence-corrected chi connectivity index (χ4v) is 4.36. The minimum atomic E-state index is -2.90. The molecule has 2 bridgehead atoms. The number of piperidine rings is 1.